The zero-order valence-corrected chi connectivity index (χ0v) is 11.9. The van der Waals surface area contributed by atoms with Gasteiger partial charge in [0.25, 0.3) is 0 Å². The number of rotatable bonds is 7. The smallest absolute Gasteiger partial charge is 0.0954 e. The first-order valence-electron chi connectivity index (χ1n) is 6.23. The van der Waals surface area contributed by atoms with Crippen LogP contribution in [0.4, 0.5) is 0 Å². The SMILES string of the molecule is CCNC(c1ccoc1)c1c(Cl)cnn1CCOC. The second kappa shape index (κ2) is 6.75. The lowest BCUT2D eigenvalue weighted by Gasteiger charge is -2.18. The molecular weight excluding hydrogens is 266 g/mol. The molecule has 0 saturated carbocycles. The molecule has 1 N–H and O–H groups in total. The third-order valence-corrected chi connectivity index (χ3v) is 3.19. The summed E-state index contributed by atoms with van der Waals surface area (Å²) in [6, 6.07) is 1.90. The van der Waals surface area contributed by atoms with Crippen molar-refractivity contribution in [2.24, 2.45) is 0 Å². The first kappa shape index (κ1) is 14.1. The van der Waals surface area contributed by atoms with E-state index in [0.717, 1.165) is 17.8 Å². The fourth-order valence-corrected chi connectivity index (χ4v) is 2.28. The van der Waals surface area contributed by atoms with Crippen molar-refractivity contribution >= 4 is 11.6 Å². The first-order valence-corrected chi connectivity index (χ1v) is 6.61. The van der Waals surface area contributed by atoms with Crippen molar-refractivity contribution in [3.05, 3.63) is 41.1 Å². The summed E-state index contributed by atoms with van der Waals surface area (Å²) in [5, 5.41) is 8.34. The number of methoxy groups -OCH3 is 1. The van der Waals surface area contributed by atoms with Gasteiger partial charge in [0.15, 0.2) is 0 Å². The van der Waals surface area contributed by atoms with Gasteiger partial charge in [-0.1, -0.05) is 18.5 Å². The topological polar surface area (TPSA) is 52.2 Å². The van der Waals surface area contributed by atoms with Gasteiger partial charge in [0, 0.05) is 12.7 Å². The third-order valence-electron chi connectivity index (χ3n) is 2.90. The molecule has 0 saturated heterocycles. The van der Waals surface area contributed by atoms with E-state index in [4.69, 9.17) is 20.8 Å². The Bertz CT molecular complexity index is 496. The maximum absolute atomic E-state index is 6.28. The highest BCUT2D eigenvalue weighted by molar-refractivity contribution is 6.31. The van der Waals surface area contributed by atoms with E-state index in [2.05, 4.69) is 17.3 Å². The van der Waals surface area contributed by atoms with E-state index in [1.54, 1.807) is 25.8 Å². The monoisotopic (exact) mass is 283 g/mol. The van der Waals surface area contributed by atoms with Crippen molar-refractivity contribution in [2.45, 2.75) is 19.5 Å². The second-order valence-corrected chi connectivity index (χ2v) is 4.55. The number of furan rings is 1. The van der Waals surface area contributed by atoms with E-state index in [9.17, 15) is 0 Å². The number of nitrogens with zero attached hydrogens (tertiary/aromatic N) is 2. The van der Waals surface area contributed by atoms with Gasteiger partial charge >= 0.3 is 0 Å². The van der Waals surface area contributed by atoms with Gasteiger partial charge in [0.2, 0.25) is 0 Å². The molecule has 0 spiro atoms. The van der Waals surface area contributed by atoms with Gasteiger partial charge in [-0.05, 0) is 12.6 Å². The molecule has 1 atom stereocenters. The van der Waals surface area contributed by atoms with Gasteiger partial charge in [-0.25, -0.2) is 0 Å². The van der Waals surface area contributed by atoms with Gasteiger partial charge in [-0.2, -0.15) is 5.10 Å². The Morgan fingerprint density at radius 2 is 2.42 bits per heavy atom. The van der Waals surface area contributed by atoms with E-state index < -0.39 is 0 Å². The van der Waals surface area contributed by atoms with Crippen LogP contribution >= 0.6 is 11.6 Å². The van der Waals surface area contributed by atoms with Crippen LogP contribution in [0.1, 0.15) is 24.2 Å². The predicted molar refractivity (Wildman–Crippen MR) is 73.3 cm³/mol. The Morgan fingerprint density at radius 3 is 3.05 bits per heavy atom. The molecule has 1 unspecified atom stereocenters. The van der Waals surface area contributed by atoms with Crippen molar-refractivity contribution in [3.8, 4) is 0 Å². The Morgan fingerprint density at radius 1 is 1.58 bits per heavy atom. The van der Waals surface area contributed by atoms with Gasteiger partial charge in [0.05, 0.1) is 48.6 Å². The van der Waals surface area contributed by atoms with Crippen LogP contribution in [0.15, 0.2) is 29.2 Å². The van der Waals surface area contributed by atoms with Gasteiger partial charge in [-0.15, -0.1) is 0 Å². The highest BCUT2D eigenvalue weighted by Gasteiger charge is 2.22. The second-order valence-electron chi connectivity index (χ2n) is 4.14. The van der Waals surface area contributed by atoms with Crippen molar-refractivity contribution < 1.29 is 9.15 Å². The summed E-state index contributed by atoms with van der Waals surface area (Å²) in [6.45, 7) is 4.13. The van der Waals surface area contributed by atoms with E-state index >= 15 is 0 Å². The van der Waals surface area contributed by atoms with Gasteiger partial charge in [-0.3, -0.25) is 4.68 Å². The molecule has 0 aromatic carbocycles. The molecule has 5 nitrogen and oxygen atoms in total. The summed E-state index contributed by atoms with van der Waals surface area (Å²) in [5.74, 6) is 0. The van der Waals surface area contributed by atoms with Crippen LogP contribution in [0.25, 0.3) is 0 Å². The van der Waals surface area contributed by atoms with Crippen LogP contribution in [0.2, 0.25) is 5.02 Å². The van der Waals surface area contributed by atoms with E-state index in [1.165, 1.54) is 0 Å². The fraction of sp³-hybridized carbons (Fsp3) is 0.462. The Kier molecular flexibility index (Phi) is 5.01. The summed E-state index contributed by atoms with van der Waals surface area (Å²) in [5.41, 5.74) is 1.96. The molecule has 0 fully saturated rings. The predicted octanol–water partition coefficient (Wildman–Crippen LogP) is 2.47. The van der Waals surface area contributed by atoms with Crippen molar-refractivity contribution in [1.82, 2.24) is 15.1 Å². The van der Waals surface area contributed by atoms with E-state index in [0.29, 0.717) is 18.2 Å². The molecule has 0 aliphatic heterocycles. The molecule has 0 radical (unpaired) electrons. The van der Waals surface area contributed by atoms with Crippen LogP contribution < -0.4 is 5.32 Å². The zero-order valence-electron chi connectivity index (χ0n) is 11.1. The van der Waals surface area contributed by atoms with Crippen LogP contribution in [-0.4, -0.2) is 30.0 Å². The molecule has 104 valence electrons. The summed E-state index contributed by atoms with van der Waals surface area (Å²) >= 11 is 6.28. The van der Waals surface area contributed by atoms with Gasteiger partial charge in [0.1, 0.15) is 0 Å². The molecule has 0 aliphatic carbocycles. The Balaban J connectivity index is 2.33. The normalized spacial score (nSPS) is 12.8. The Hall–Kier alpha value is -1.30. The summed E-state index contributed by atoms with van der Waals surface area (Å²) in [4.78, 5) is 0. The van der Waals surface area contributed by atoms with Crippen LogP contribution in [-0.2, 0) is 11.3 Å². The molecule has 0 amide bonds. The van der Waals surface area contributed by atoms with Crippen molar-refractivity contribution in [2.75, 3.05) is 20.3 Å². The minimum absolute atomic E-state index is 0.0318. The highest BCUT2D eigenvalue weighted by atomic mass is 35.5. The molecule has 2 heterocycles. The largest absolute Gasteiger partial charge is 0.472 e. The lowest BCUT2D eigenvalue weighted by Crippen LogP contribution is -2.25. The van der Waals surface area contributed by atoms with Gasteiger partial charge < -0.3 is 14.5 Å². The number of hydrogen-bond donors (Lipinski definition) is 1. The number of aromatic nitrogens is 2. The maximum atomic E-state index is 6.28. The van der Waals surface area contributed by atoms with Crippen LogP contribution in [0.3, 0.4) is 0 Å². The van der Waals surface area contributed by atoms with Crippen molar-refractivity contribution in [1.29, 1.82) is 0 Å². The molecule has 0 bridgehead atoms. The molecule has 2 rings (SSSR count). The molecule has 0 aliphatic rings. The molecule has 2 aromatic heterocycles. The summed E-state index contributed by atoms with van der Waals surface area (Å²) in [7, 11) is 1.67. The standard InChI is InChI=1S/C13H18ClN3O2/c1-3-15-12(10-4-6-19-9-10)13-11(14)8-16-17(13)5-7-18-2/h4,6,8-9,12,15H,3,5,7H2,1-2H3. The third kappa shape index (κ3) is 3.18. The lowest BCUT2D eigenvalue weighted by molar-refractivity contribution is 0.182. The van der Waals surface area contributed by atoms with Crippen LogP contribution in [0, 0.1) is 0 Å². The maximum Gasteiger partial charge on any atom is 0.0954 e. The Labute approximate surface area is 117 Å². The zero-order chi connectivity index (χ0) is 13.7. The number of hydrogen-bond acceptors (Lipinski definition) is 4. The molecule has 2 aromatic rings. The summed E-state index contributed by atoms with van der Waals surface area (Å²) in [6.07, 6.45) is 5.04. The molecular formula is C13H18ClN3O2. The first-order chi connectivity index (χ1) is 9.27. The summed E-state index contributed by atoms with van der Waals surface area (Å²) < 4.78 is 12.1. The number of halogens is 1. The molecule has 6 heteroatoms. The quantitative estimate of drug-likeness (QED) is 0.848. The minimum Gasteiger partial charge on any atom is -0.472 e. The average molecular weight is 284 g/mol. The highest BCUT2D eigenvalue weighted by Crippen LogP contribution is 2.28. The van der Waals surface area contributed by atoms with E-state index in [1.807, 2.05) is 10.7 Å². The fourth-order valence-electron chi connectivity index (χ4n) is 2.03. The van der Waals surface area contributed by atoms with E-state index in [-0.39, 0.29) is 6.04 Å². The van der Waals surface area contributed by atoms with Crippen molar-refractivity contribution in [3.63, 3.8) is 0 Å². The lowest BCUT2D eigenvalue weighted by atomic mass is 10.1. The minimum atomic E-state index is -0.0318. The van der Waals surface area contributed by atoms with Crippen LogP contribution in [0.5, 0.6) is 0 Å². The average Bonchev–Trinajstić information content (AvgIpc) is 3.04. The number of ether oxygens (including phenoxy) is 1. The number of nitrogens with one attached hydrogen (secondary N) is 1. The molecule has 19 heavy (non-hydrogen) atoms.